The first-order valence-electron chi connectivity index (χ1n) is 13.5. The van der Waals surface area contributed by atoms with Crippen molar-refractivity contribution in [1.82, 2.24) is 9.88 Å². The van der Waals surface area contributed by atoms with Crippen molar-refractivity contribution >= 4 is 45.6 Å². The summed E-state index contributed by atoms with van der Waals surface area (Å²) in [6, 6.07) is 11.9. The Balaban J connectivity index is 1.32. The highest BCUT2D eigenvalue weighted by Crippen LogP contribution is 2.40. The van der Waals surface area contributed by atoms with Crippen LogP contribution in [0.4, 0.5) is 5.69 Å². The van der Waals surface area contributed by atoms with Gasteiger partial charge in [-0.2, -0.15) is 0 Å². The van der Waals surface area contributed by atoms with E-state index in [4.69, 9.17) is 28.2 Å². The molecule has 3 aliphatic rings. The SMILES string of the molecule is O=C(c1cnc2ccc(-c3cc(Cl)cc(Cl)c3)cc2c1N1CCC(CCN2CCCC2)CC1)C1CC1. The standard InChI is InChI=1S/C30H33Cl2N3O/c31-24-15-23(16-25(32)18-24)22-5-6-28-26(17-22)29(27(19-33-28)30(36)21-3-4-21)35-13-8-20(9-14-35)7-12-34-10-1-2-11-34/h5-6,15-21H,1-4,7-14H2. The minimum Gasteiger partial charge on any atom is -0.370 e. The molecule has 4 nitrogen and oxygen atoms in total. The smallest absolute Gasteiger partial charge is 0.169 e. The van der Waals surface area contributed by atoms with E-state index in [9.17, 15) is 4.79 Å². The molecule has 3 fully saturated rings. The third-order valence-electron chi connectivity index (χ3n) is 8.23. The second kappa shape index (κ2) is 10.3. The molecule has 1 aromatic heterocycles. The van der Waals surface area contributed by atoms with Gasteiger partial charge in [-0.25, -0.2) is 0 Å². The number of halogens is 2. The van der Waals surface area contributed by atoms with Crippen molar-refractivity contribution in [2.45, 2.75) is 44.9 Å². The fourth-order valence-electron chi connectivity index (χ4n) is 5.98. The van der Waals surface area contributed by atoms with E-state index in [2.05, 4.69) is 28.0 Å². The molecule has 3 heterocycles. The molecule has 0 spiro atoms. The van der Waals surface area contributed by atoms with Crippen LogP contribution in [0.25, 0.3) is 22.0 Å². The third kappa shape index (κ3) is 5.14. The number of benzene rings is 2. The average Bonchev–Trinajstić information content (AvgIpc) is 3.61. The maximum atomic E-state index is 13.4. The third-order valence-corrected chi connectivity index (χ3v) is 8.67. The lowest BCUT2D eigenvalue weighted by Gasteiger charge is -2.36. The van der Waals surface area contributed by atoms with Gasteiger partial charge in [-0.3, -0.25) is 9.78 Å². The molecule has 1 aliphatic carbocycles. The number of likely N-dealkylation sites (tertiary alicyclic amines) is 1. The quantitative estimate of drug-likeness (QED) is 0.301. The first-order chi connectivity index (χ1) is 17.5. The number of pyridine rings is 1. The number of hydrogen-bond donors (Lipinski definition) is 0. The van der Waals surface area contributed by atoms with Crippen LogP contribution in [0.1, 0.15) is 55.3 Å². The van der Waals surface area contributed by atoms with Crippen LogP contribution in [0.3, 0.4) is 0 Å². The molecular weight excluding hydrogens is 489 g/mol. The summed E-state index contributed by atoms with van der Waals surface area (Å²) in [5.41, 5.74) is 4.79. The predicted octanol–water partition coefficient (Wildman–Crippen LogP) is 7.50. The highest BCUT2D eigenvalue weighted by molar-refractivity contribution is 6.35. The van der Waals surface area contributed by atoms with Gasteiger partial charge in [0.1, 0.15) is 0 Å². The van der Waals surface area contributed by atoms with E-state index in [0.29, 0.717) is 10.0 Å². The molecule has 2 saturated heterocycles. The van der Waals surface area contributed by atoms with Gasteiger partial charge in [0.2, 0.25) is 0 Å². The van der Waals surface area contributed by atoms with Crippen molar-refractivity contribution in [3.63, 3.8) is 0 Å². The van der Waals surface area contributed by atoms with Crippen molar-refractivity contribution in [2.24, 2.45) is 11.8 Å². The van der Waals surface area contributed by atoms with Crippen LogP contribution in [-0.2, 0) is 0 Å². The molecule has 0 unspecified atom stereocenters. The van der Waals surface area contributed by atoms with Crippen molar-refractivity contribution in [2.75, 3.05) is 37.6 Å². The monoisotopic (exact) mass is 521 g/mol. The molecule has 0 bridgehead atoms. The van der Waals surface area contributed by atoms with Crippen molar-refractivity contribution in [1.29, 1.82) is 0 Å². The zero-order chi connectivity index (χ0) is 24.6. The summed E-state index contributed by atoms with van der Waals surface area (Å²) in [4.78, 5) is 23.2. The second-order valence-electron chi connectivity index (χ2n) is 10.8. The maximum absolute atomic E-state index is 13.4. The molecule has 6 heteroatoms. The molecular formula is C30H33Cl2N3O. The molecule has 1 saturated carbocycles. The number of anilines is 1. The number of piperidine rings is 1. The number of nitrogens with zero attached hydrogens (tertiary/aromatic N) is 3. The Hall–Kier alpha value is -2.14. The Morgan fingerprint density at radius 1 is 0.889 bits per heavy atom. The van der Waals surface area contributed by atoms with Crippen LogP contribution in [-0.4, -0.2) is 48.4 Å². The highest BCUT2D eigenvalue weighted by atomic mass is 35.5. The predicted molar refractivity (Wildman–Crippen MR) is 149 cm³/mol. The van der Waals surface area contributed by atoms with E-state index in [1.165, 1.54) is 51.7 Å². The number of carbonyl (C=O) groups excluding carboxylic acids is 1. The summed E-state index contributed by atoms with van der Waals surface area (Å²) in [5.74, 6) is 1.18. The number of rotatable bonds is 7. The van der Waals surface area contributed by atoms with E-state index in [0.717, 1.165) is 65.1 Å². The molecule has 188 valence electrons. The van der Waals surface area contributed by atoms with Gasteiger partial charge in [0.25, 0.3) is 0 Å². The summed E-state index contributed by atoms with van der Waals surface area (Å²) < 4.78 is 0. The van der Waals surface area contributed by atoms with E-state index in [1.54, 1.807) is 6.07 Å². The van der Waals surface area contributed by atoms with Gasteiger partial charge in [0, 0.05) is 40.6 Å². The zero-order valence-corrected chi connectivity index (χ0v) is 22.2. The first kappa shape index (κ1) is 24.2. The van der Waals surface area contributed by atoms with Crippen LogP contribution in [0.5, 0.6) is 0 Å². The largest absolute Gasteiger partial charge is 0.370 e. The number of hydrogen-bond acceptors (Lipinski definition) is 4. The molecule has 6 rings (SSSR count). The molecule has 2 aliphatic heterocycles. The summed E-state index contributed by atoms with van der Waals surface area (Å²) >= 11 is 12.6. The van der Waals surface area contributed by atoms with Crippen LogP contribution in [0, 0.1) is 11.8 Å². The van der Waals surface area contributed by atoms with Crippen LogP contribution < -0.4 is 4.90 Å². The lowest BCUT2D eigenvalue weighted by Crippen LogP contribution is -2.36. The molecule has 3 aromatic rings. The summed E-state index contributed by atoms with van der Waals surface area (Å²) in [6.07, 6.45) is 10.2. The van der Waals surface area contributed by atoms with E-state index >= 15 is 0 Å². The Morgan fingerprint density at radius 3 is 2.31 bits per heavy atom. The normalized spacial score (nSPS) is 19.3. The number of ketones is 1. The number of fused-ring (bicyclic) bond motifs is 1. The van der Waals surface area contributed by atoms with Gasteiger partial charge in [0.05, 0.1) is 16.8 Å². The average molecular weight is 523 g/mol. The van der Waals surface area contributed by atoms with Crippen molar-refractivity contribution in [3.05, 3.63) is 58.2 Å². The van der Waals surface area contributed by atoms with E-state index in [1.807, 2.05) is 18.3 Å². The number of aromatic nitrogens is 1. The molecule has 2 aromatic carbocycles. The van der Waals surface area contributed by atoms with Gasteiger partial charge in [-0.15, -0.1) is 0 Å². The van der Waals surface area contributed by atoms with Gasteiger partial charge >= 0.3 is 0 Å². The Morgan fingerprint density at radius 2 is 1.61 bits per heavy atom. The lowest BCUT2D eigenvalue weighted by molar-refractivity contribution is 0.0968. The maximum Gasteiger partial charge on any atom is 0.169 e. The van der Waals surface area contributed by atoms with Gasteiger partial charge in [0.15, 0.2) is 5.78 Å². The fraction of sp³-hybridized carbons (Fsp3) is 0.467. The van der Waals surface area contributed by atoms with Crippen LogP contribution in [0.15, 0.2) is 42.6 Å². The lowest BCUT2D eigenvalue weighted by atomic mass is 9.91. The van der Waals surface area contributed by atoms with Gasteiger partial charge in [-0.05, 0) is 112 Å². The molecule has 0 atom stereocenters. The van der Waals surface area contributed by atoms with Gasteiger partial charge in [-0.1, -0.05) is 29.3 Å². The number of Topliss-reactive ketones (excluding diaryl/α,β-unsaturated/α-hetero) is 1. The number of carbonyl (C=O) groups is 1. The minimum atomic E-state index is 0.163. The zero-order valence-electron chi connectivity index (χ0n) is 20.7. The Kier molecular flexibility index (Phi) is 6.94. The van der Waals surface area contributed by atoms with Crippen molar-refractivity contribution in [3.8, 4) is 11.1 Å². The van der Waals surface area contributed by atoms with E-state index < -0.39 is 0 Å². The molecule has 0 N–H and O–H groups in total. The van der Waals surface area contributed by atoms with Crippen LogP contribution in [0.2, 0.25) is 10.0 Å². The topological polar surface area (TPSA) is 36.4 Å². The molecule has 36 heavy (non-hydrogen) atoms. The summed E-state index contributed by atoms with van der Waals surface area (Å²) in [7, 11) is 0. The van der Waals surface area contributed by atoms with Crippen LogP contribution >= 0.6 is 23.2 Å². The Labute approximate surface area is 223 Å². The summed E-state index contributed by atoms with van der Waals surface area (Å²) in [5, 5.41) is 2.28. The fourth-order valence-corrected chi connectivity index (χ4v) is 6.51. The second-order valence-corrected chi connectivity index (χ2v) is 11.7. The highest BCUT2D eigenvalue weighted by Gasteiger charge is 2.34. The Bertz CT molecular complexity index is 1250. The minimum absolute atomic E-state index is 0.163. The van der Waals surface area contributed by atoms with Crippen molar-refractivity contribution < 1.29 is 4.79 Å². The van der Waals surface area contributed by atoms with Gasteiger partial charge < -0.3 is 9.80 Å². The summed E-state index contributed by atoms with van der Waals surface area (Å²) in [6.45, 7) is 5.76. The van der Waals surface area contributed by atoms with E-state index in [-0.39, 0.29) is 11.7 Å². The molecule has 0 amide bonds. The first-order valence-corrected chi connectivity index (χ1v) is 14.2. The molecule has 0 radical (unpaired) electrons.